The monoisotopic (exact) mass is 278 g/mol. The molecule has 3 rings (SSSR count). The molecule has 3 N–H and O–H groups in total. The van der Waals surface area contributed by atoms with Gasteiger partial charge in [0.25, 0.3) is 0 Å². The first-order valence-electron chi connectivity index (χ1n) is 6.59. The van der Waals surface area contributed by atoms with Crippen LogP contribution in [-0.2, 0) is 13.1 Å². The third-order valence-corrected chi connectivity index (χ3v) is 3.51. The fourth-order valence-electron chi connectivity index (χ4n) is 2.39. The molecule has 5 nitrogen and oxygen atoms in total. The molecule has 21 heavy (non-hydrogen) atoms. The van der Waals surface area contributed by atoms with Crippen molar-refractivity contribution < 1.29 is 4.79 Å². The second kappa shape index (κ2) is 5.17. The van der Waals surface area contributed by atoms with Gasteiger partial charge in [-0.3, -0.25) is 0 Å². The predicted octanol–water partition coefficient (Wildman–Crippen LogP) is 2.69. The van der Waals surface area contributed by atoms with E-state index in [0.717, 1.165) is 11.1 Å². The molecule has 0 saturated heterocycles. The number of carbonyl (C=O) groups is 1. The zero-order valence-electron chi connectivity index (χ0n) is 11.3. The first kappa shape index (κ1) is 13.0. The van der Waals surface area contributed by atoms with Gasteiger partial charge >= 0.3 is 6.03 Å². The Morgan fingerprint density at radius 3 is 2.57 bits per heavy atom. The molecule has 2 aromatic rings. The Hall–Kier alpha value is -3.00. The second-order valence-electron chi connectivity index (χ2n) is 5.00. The largest absolute Gasteiger partial charge is 0.399 e. The standard InChI is InChI=1S/C16H14N4O/c17-8-11-1-5-15(6-2-11)19-16(21)20-9-12-3-4-14(18)7-13(12)10-20/h1-7H,9-10,18H2,(H,19,21). The van der Waals surface area contributed by atoms with Crippen molar-refractivity contribution in [2.75, 3.05) is 11.1 Å². The van der Waals surface area contributed by atoms with E-state index >= 15 is 0 Å². The van der Waals surface area contributed by atoms with Crippen LogP contribution in [0.5, 0.6) is 0 Å². The minimum absolute atomic E-state index is 0.158. The van der Waals surface area contributed by atoms with E-state index in [2.05, 4.69) is 5.32 Å². The van der Waals surface area contributed by atoms with Crippen molar-refractivity contribution in [3.8, 4) is 6.07 Å². The average Bonchev–Trinajstić information content (AvgIpc) is 2.91. The number of hydrogen-bond acceptors (Lipinski definition) is 3. The van der Waals surface area contributed by atoms with E-state index in [1.807, 2.05) is 24.3 Å². The molecule has 0 spiro atoms. The molecule has 0 atom stereocenters. The quantitative estimate of drug-likeness (QED) is 0.787. The van der Waals surface area contributed by atoms with Crippen LogP contribution >= 0.6 is 0 Å². The average molecular weight is 278 g/mol. The van der Waals surface area contributed by atoms with Crippen LogP contribution in [0.4, 0.5) is 16.2 Å². The highest BCUT2D eigenvalue weighted by molar-refractivity contribution is 5.89. The van der Waals surface area contributed by atoms with E-state index in [4.69, 9.17) is 11.0 Å². The van der Waals surface area contributed by atoms with Crippen molar-refractivity contribution >= 4 is 17.4 Å². The molecule has 0 aromatic heterocycles. The molecule has 1 aliphatic rings. The molecule has 0 fully saturated rings. The van der Waals surface area contributed by atoms with Crippen LogP contribution in [0.15, 0.2) is 42.5 Å². The lowest BCUT2D eigenvalue weighted by atomic mass is 10.1. The minimum atomic E-state index is -0.158. The summed E-state index contributed by atoms with van der Waals surface area (Å²) < 4.78 is 0. The maximum atomic E-state index is 12.2. The highest BCUT2D eigenvalue weighted by atomic mass is 16.2. The molecule has 2 amide bonds. The summed E-state index contributed by atoms with van der Waals surface area (Å²) in [5.74, 6) is 0. The summed E-state index contributed by atoms with van der Waals surface area (Å²) in [6.45, 7) is 1.14. The summed E-state index contributed by atoms with van der Waals surface area (Å²) in [5.41, 5.74) is 9.92. The summed E-state index contributed by atoms with van der Waals surface area (Å²) in [7, 11) is 0. The fraction of sp³-hybridized carbons (Fsp3) is 0.125. The number of benzene rings is 2. The molecule has 0 radical (unpaired) electrons. The summed E-state index contributed by atoms with van der Waals surface area (Å²) in [5, 5.41) is 11.6. The van der Waals surface area contributed by atoms with Crippen molar-refractivity contribution in [3.05, 3.63) is 59.2 Å². The van der Waals surface area contributed by atoms with Crippen LogP contribution in [0, 0.1) is 11.3 Å². The smallest absolute Gasteiger partial charge is 0.322 e. The van der Waals surface area contributed by atoms with Gasteiger partial charge in [0.05, 0.1) is 11.6 Å². The van der Waals surface area contributed by atoms with Gasteiger partial charge in [0.2, 0.25) is 0 Å². The number of carbonyl (C=O) groups excluding carboxylic acids is 1. The number of hydrogen-bond donors (Lipinski definition) is 2. The Kier molecular flexibility index (Phi) is 3.20. The number of nitrogens with two attached hydrogens (primary N) is 1. The van der Waals surface area contributed by atoms with Crippen LogP contribution in [0.3, 0.4) is 0 Å². The minimum Gasteiger partial charge on any atom is -0.399 e. The Bertz CT molecular complexity index is 731. The molecule has 2 aromatic carbocycles. The highest BCUT2D eigenvalue weighted by Crippen LogP contribution is 2.25. The van der Waals surface area contributed by atoms with E-state index in [1.54, 1.807) is 29.2 Å². The lowest BCUT2D eigenvalue weighted by Crippen LogP contribution is -2.30. The molecule has 0 aliphatic carbocycles. The van der Waals surface area contributed by atoms with Crippen LogP contribution in [0.25, 0.3) is 0 Å². The number of fused-ring (bicyclic) bond motifs is 1. The van der Waals surface area contributed by atoms with Crippen molar-refractivity contribution in [1.29, 1.82) is 5.26 Å². The molecule has 0 unspecified atom stereocenters. The van der Waals surface area contributed by atoms with Crippen LogP contribution < -0.4 is 11.1 Å². The summed E-state index contributed by atoms with van der Waals surface area (Å²) >= 11 is 0. The van der Waals surface area contributed by atoms with Gasteiger partial charge in [-0.2, -0.15) is 5.26 Å². The molecular formula is C16H14N4O. The number of amides is 2. The van der Waals surface area contributed by atoms with E-state index in [-0.39, 0.29) is 6.03 Å². The second-order valence-corrected chi connectivity index (χ2v) is 5.00. The van der Waals surface area contributed by atoms with E-state index in [0.29, 0.717) is 30.0 Å². The number of urea groups is 1. The number of nitriles is 1. The fourth-order valence-corrected chi connectivity index (χ4v) is 2.39. The van der Waals surface area contributed by atoms with Gasteiger partial charge in [0, 0.05) is 24.5 Å². The van der Waals surface area contributed by atoms with E-state index < -0.39 is 0 Å². The molecule has 1 heterocycles. The van der Waals surface area contributed by atoms with Crippen molar-refractivity contribution in [2.24, 2.45) is 0 Å². The zero-order chi connectivity index (χ0) is 14.8. The number of rotatable bonds is 1. The van der Waals surface area contributed by atoms with Crippen LogP contribution in [0.1, 0.15) is 16.7 Å². The number of nitrogens with one attached hydrogen (secondary N) is 1. The van der Waals surface area contributed by atoms with Gasteiger partial charge in [0.1, 0.15) is 0 Å². The Morgan fingerprint density at radius 2 is 1.86 bits per heavy atom. The summed E-state index contributed by atoms with van der Waals surface area (Å²) in [6.07, 6.45) is 0. The van der Waals surface area contributed by atoms with Crippen LogP contribution in [-0.4, -0.2) is 10.9 Å². The van der Waals surface area contributed by atoms with Gasteiger partial charge in [-0.15, -0.1) is 0 Å². The van der Waals surface area contributed by atoms with Gasteiger partial charge in [0.15, 0.2) is 0 Å². The maximum Gasteiger partial charge on any atom is 0.322 e. The normalized spacial score (nSPS) is 12.6. The van der Waals surface area contributed by atoms with Crippen LogP contribution in [0.2, 0.25) is 0 Å². The number of anilines is 2. The zero-order valence-corrected chi connectivity index (χ0v) is 11.3. The molecule has 0 saturated carbocycles. The summed E-state index contributed by atoms with van der Waals surface area (Å²) in [6, 6.07) is 14.4. The lowest BCUT2D eigenvalue weighted by molar-refractivity contribution is 0.212. The maximum absolute atomic E-state index is 12.2. The van der Waals surface area contributed by atoms with Gasteiger partial charge in [-0.05, 0) is 47.5 Å². The third-order valence-electron chi connectivity index (χ3n) is 3.51. The first-order valence-corrected chi connectivity index (χ1v) is 6.59. The van der Waals surface area contributed by atoms with Gasteiger partial charge < -0.3 is 16.0 Å². The third kappa shape index (κ3) is 2.65. The van der Waals surface area contributed by atoms with Crippen molar-refractivity contribution in [2.45, 2.75) is 13.1 Å². The predicted molar refractivity (Wildman–Crippen MR) is 80.3 cm³/mol. The van der Waals surface area contributed by atoms with Gasteiger partial charge in [-0.1, -0.05) is 6.07 Å². The molecule has 0 bridgehead atoms. The molecule has 104 valence electrons. The molecular weight excluding hydrogens is 264 g/mol. The lowest BCUT2D eigenvalue weighted by Gasteiger charge is -2.16. The van der Waals surface area contributed by atoms with E-state index in [9.17, 15) is 4.79 Å². The SMILES string of the molecule is N#Cc1ccc(NC(=O)N2Cc3ccc(N)cc3C2)cc1. The number of nitrogen functional groups attached to an aromatic ring is 1. The highest BCUT2D eigenvalue weighted by Gasteiger charge is 2.23. The van der Waals surface area contributed by atoms with Gasteiger partial charge in [-0.25, -0.2) is 4.79 Å². The Morgan fingerprint density at radius 1 is 1.14 bits per heavy atom. The number of nitrogens with zero attached hydrogens (tertiary/aromatic N) is 2. The topological polar surface area (TPSA) is 82.2 Å². The van der Waals surface area contributed by atoms with E-state index in [1.165, 1.54) is 0 Å². The first-order chi connectivity index (χ1) is 10.2. The summed E-state index contributed by atoms with van der Waals surface area (Å²) in [4.78, 5) is 14.0. The van der Waals surface area contributed by atoms with Crippen molar-refractivity contribution in [3.63, 3.8) is 0 Å². The molecule has 1 aliphatic heterocycles. The van der Waals surface area contributed by atoms with Crippen molar-refractivity contribution in [1.82, 2.24) is 4.90 Å². The Balaban J connectivity index is 1.68. The Labute approximate surface area is 122 Å². The molecule has 5 heteroatoms.